The number of aromatic nitrogens is 1. The van der Waals surface area contributed by atoms with Gasteiger partial charge in [-0.25, -0.2) is 4.79 Å². The summed E-state index contributed by atoms with van der Waals surface area (Å²) in [5.74, 6) is -1.09. The van der Waals surface area contributed by atoms with Gasteiger partial charge in [0.2, 0.25) is 0 Å². The van der Waals surface area contributed by atoms with Gasteiger partial charge in [0, 0.05) is 24.0 Å². The fourth-order valence-electron chi connectivity index (χ4n) is 3.13. The summed E-state index contributed by atoms with van der Waals surface area (Å²) in [4.78, 5) is 23.6. The second-order valence-corrected chi connectivity index (χ2v) is 5.92. The first-order chi connectivity index (χ1) is 12.0. The molecule has 2 aromatic carbocycles. The molecule has 3 rings (SSSR count). The quantitative estimate of drug-likeness (QED) is 0.748. The second kappa shape index (κ2) is 6.81. The van der Waals surface area contributed by atoms with Crippen molar-refractivity contribution in [3.63, 3.8) is 0 Å². The Hall–Kier alpha value is -3.08. The summed E-state index contributed by atoms with van der Waals surface area (Å²) in [6, 6.07) is 14.5. The van der Waals surface area contributed by atoms with Crippen molar-refractivity contribution < 1.29 is 14.7 Å². The first-order valence-corrected chi connectivity index (χ1v) is 8.21. The molecule has 0 spiro atoms. The number of amides is 1. The Labute approximate surface area is 145 Å². The molecule has 0 atom stereocenters. The van der Waals surface area contributed by atoms with Crippen LogP contribution in [0.5, 0.6) is 0 Å². The van der Waals surface area contributed by atoms with Crippen molar-refractivity contribution >= 4 is 22.8 Å². The Bertz CT molecular complexity index is 939. The molecule has 5 nitrogen and oxygen atoms in total. The third kappa shape index (κ3) is 3.13. The fourth-order valence-corrected chi connectivity index (χ4v) is 3.13. The Morgan fingerprint density at radius 2 is 1.76 bits per heavy atom. The highest BCUT2D eigenvalue weighted by molar-refractivity contribution is 6.01. The summed E-state index contributed by atoms with van der Waals surface area (Å²) >= 11 is 0. The molecule has 1 aromatic heterocycles. The number of hydrogen-bond donors (Lipinski definition) is 2. The third-order valence-electron chi connectivity index (χ3n) is 4.41. The summed E-state index contributed by atoms with van der Waals surface area (Å²) in [5, 5.41) is 12.9. The van der Waals surface area contributed by atoms with Gasteiger partial charge < -0.3 is 15.0 Å². The molecular formula is C20H20N2O3. The van der Waals surface area contributed by atoms with E-state index in [-0.39, 0.29) is 11.5 Å². The summed E-state index contributed by atoms with van der Waals surface area (Å²) in [5.41, 5.74) is 3.78. The average Bonchev–Trinajstić information content (AvgIpc) is 2.92. The van der Waals surface area contributed by atoms with Crippen LogP contribution in [0.25, 0.3) is 10.9 Å². The number of carboxylic acid groups (broad SMARTS) is 1. The lowest BCUT2D eigenvalue weighted by Crippen LogP contribution is -2.26. The number of carboxylic acids is 1. The van der Waals surface area contributed by atoms with E-state index in [2.05, 4.69) is 5.32 Å². The van der Waals surface area contributed by atoms with Crippen LogP contribution in [0.15, 0.2) is 48.5 Å². The first kappa shape index (κ1) is 16.8. The lowest BCUT2D eigenvalue weighted by atomic mass is 10.1. The molecule has 2 N–H and O–H groups in total. The van der Waals surface area contributed by atoms with Crippen molar-refractivity contribution in [2.45, 2.75) is 26.9 Å². The van der Waals surface area contributed by atoms with Crippen molar-refractivity contribution in [3.05, 3.63) is 70.9 Å². The zero-order valence-corrected chi connectivity index (χ0v) is 14.2. The maximum Gasteiger partial charge on any atom is 0.335 e. The van der Waals surface area contributed by atoms with E-state index in [0.717, 1.165) is 22.0 Å². The van der Waals surface area contributed by atoms with Crippen LogP contribution in [0.4, 0.5) is 0 Å². The van der Waals surface area contributed by atoms with Crippen LogP contribution in [0.1, 0.15) is 38.9 Å². The number of aryl methyl sites for hydroxylation is 2. The third-order valence-corrected chi connectivity index (χ3v) is 4.41. The van der Waals surface area contributed by atoms with Gasteiger partial charge in [0.15, 0.2) is 0 Å². The molecule has 128 valence electrons. The molecule has 0 saturated heterocycles. The molecule has 0 aliphatic carbocycles. The molecule has 0 bridgehead atoms. The average molecular weight is 336 g/mol. The van der Waals surface area contributed by atoms with E-state index in [1.807, 2.05) is 42.7 Å². The predicted molar refractivity (Wildman–Crippen MR) is 96.9 cm³/mol. The maximum absolute atomic E-state index is 12.7. The number of benzene rings is 2. The minimum atomic E-state index is -0.960. The molecule has 0 aliphatic rings. The molecule has 1 amide bonds. The van der Waals surface area contributed by atoms with E-state index >= 15 is 0 Å². The van der Waals surface area contributed by atoms with Gasteiger partial charge in [-0.15, -0.1) is 0 Å². The number of rotatable bonds is 5. The number of carbonyl (C=O) groups excluding carboxylic acids is 1. The van der Waals surface area contributed by atoms with Crippen molar-refractivity contribution in [2.24, 2.45) is 0 Å². The van der Waals surface area contributed by atoms with E-state index in [0.29, 0.717) is 18.8 Å². The Morgan fingerprint density at radius 3 is 2.40 bits per heavy atom. The lowest BCUT2D eigenvalue weighted by Gasteiger charge is -2.10. The lowest BCUT2D eigenvalue weighted by molar-refractivity contribution is 0.0696. The summed E-state index contributed by atoms with van der Waals surface area (Å²) in [6.07, 6.45) is 0. The van der Waals surface area contributed by atoms with Gasteiger partial charge in [-0.05, 0) is 43.2 Å². The maximum atomic E-state index is 12.7. The summed E-state index contributed by atoms with van der Waals surface area (Å²) in [7, 11) is 0. The van der Waals surface area contributed by atoms with Gasteiger partial charge in [-0.1, -0.05) is 30.3 Å². The van der Waals surface area contributed by atoms with Gasteiger partial charge >= 0.3 is 5.97 Å². The SMILES string of the molecule is CCn1c(C(=O)NCc2ccc(C(=O)O)cc2)c(C)c2ccccc21. The van der Waals surface area contributed by atoms with E-state index in [1.54, 1.807) is 12.1 Å². The van der Waals surface area contributed by atoms with Crippen molar-refractivity contribution in [2.75, 3.05) is 0 Å². The van der Waals surface area contributed by atoms with Crippen LogP contribution in [0.3, 0.4) is 0 Å². The van der Waals surface area contributed by atoms with E-state index in [9.17, 15) is 9.59 Å². The van der Waals surface area contributed by atoms with Gasteiger partial charge in [0.1, 0.15) is 5.69 Å². The fraction of sp³-hybridized carbons (Fsp3) is 0.200. The molecule has 0 aliphatic heterocycles. The zero-order valence-electron chi connectivity index (χ0n) is 14.2. The number of nitrogens with zero attached hydrogens (tertiary/aromatic N) is 1. The van der Waals surface area contributed by atoms with Crippen LogP contribution in [-0.4, -0.2) is 21.6 Å². The van der Waals surface area contributed by atoms with Crippen LogP contribution in [0.2, 0.25) is 0 Å². The van der Waals surface area contributed by atoms with Crippen LogP contribution < -0.4 is 5.32 Å². The normalized spacial score (nSPS) is 10.8. The first-order valence-electron chi connectivity index (χ1n) is 8.21. The monoisotopic (exact) mass is 336 g/mol. The molecule has 3 aromatic rings. The number of para-hydroxylation sites is 1. The van der Waals surface area contributed by atoms with Crippen LogP contribution in [0, 0.1) is 6.92 Å². The Kier molecular flexibility index (Phi) is 4.57. The van der Waals surface area contributed by atoms with E-state index in [1.165, 1.54) is 12.1 Å². The molecule has 1 heterocycles. The minimum Gasteiger partial charge on any atom is -0.478 e. The number of hydrogen-bond acceptors (Lipinski definition) is 2. The highest BCUT2D eigenvalue weighted by Gasteiger charge is 2.18. The topological polar surface area (TPSA) is 71.3 Å². The van der Waals surface area contributed by atoms with Crippen LogP contribution >= 0.6 is 0 Å². The molecule has 25 heavy (non-hydrogen) atoms. The molecule has 0 radical (unpaired) electrons. The van der Waals surface area contributed by atoms with Gasteiger partial charge in [0.25, 0.3) is 5.91 Å². The van der Waals surface area contributed by atoms with E-state index in [4.69, 9.17) is 5.11 Å². The van der Waals surface area contributed by atoms with Crippen molar-refractivity contribution in [1.82, 2.24) is 9.88 Å². The molecule has 0 saturated carbocycles. The molecule has 0 fully saturated rings. The van der Waals surface area contributed by atoms with Crippen molar-refractivity contribution in [3.8, 4) is 0 Å². The molecule has 5 heteroatoms. The van der Waals surface area contributed by atoms with E-state index < -0.39 is 5.97 Å². The minimum absolute atomic E-state index is 0.127. The number of nitrogens with one attached hydrogen (secondary N) is 1. The van der Waals surface area contributed by atoms with Gasteiger partial charge in [0.05, 0.1) is 5.56 Å². The number of fused-ring (bicyclic) bond motifs is 1. The molecule has 0 unspecified atom stereocenters. The largest absolute Gasteiger partial charge is 0.478 e. The Morgan fingerprint density at radius 1 is 1.08 bits per heavy atom. The predicted octanol–water partition coefficient (Wildman–Crippen LogP) is 3.60. The molecular weight excluding hydrogens is 316 g/mol. The standard InChI is InChI=1S/C20H20N2O3/c1-3-22-17-7-5-4-6-16(17)13(2)18(22)19(23)21-12-14-8-10-15(11-9-14)20(24)25/h4-11H,3,12H2,1-2H3,(H,21,23)(H,24,25). The van der Waals surface area contributed by atoms with Crippen molar-refractivity contribution in [1.29, 1.82) is 0 Å². The van der Waals surface area contributed by atoms with Gasteiger partial charge in [-0.3, -0.25) is 4.79 Å². The highest BCUT2D eigenvalue weighted by Crippen LogP contribution is 2.25. The Balaban J connectivity index is 1.83. The van der Waals surface area contributed by atoms with Gasteiger partial charge in [-0.2, -0.15) is 0 Å². The number of aromatic carboxylic acids is 1. The summed E-state index contributed by atoms with van der Waals surface area (Å²) < 4.78 is 2.02. The van der Waals surface area contributed by atoms with Crippen LogP contribution in [-0.2, 0) is 13.1 Å². The number of carbonyl (C=O) groups is 2. The second-order valence-electron chi connectivity index (χ2n) is 5.92. The zero-order chi connectivity index (χ0) is 18.0. The summed E-state index contributed by atoms with van der Waals surface area (Å²) in [6.45, 7) is 5.05. The highest BCUT2D eigenvalue weighted by atomic mass is 16.4. The smallest absolute Gasteiger partial charge is 0.335 e.